The van der Waals surface area contributed by atoms with Gasteiger partial charge in [0.05, 0.1) is 0 Å². The summed E-state index contributed by atoms with van der Waals surface area (Å²) in [4.78, 5) is 11.6. The minimum absolute atomic E-state index is 0.0737. The summed E-state index contributed by atoms with van der Waals surface area (Å²) in [7, 11) is 0. The van der Waals surface area contributed by atoms with E-state index in [1.807, 2.05) is 0 Å². The van der Waals surface area contributed by atoms with Crippen molar-refractivity contribution in [3.8, 4) is 0 Å². The molecule has 2 aliphatic heterocycles. The molecule has 0 bridgehead atoms. The van der Waals surface area contributed by atoms with Crippen molar-refractivity contribution in [2.45, 2.75) is 38.2 Å². The van der Waals surface area contributed by atoms with Crippen molar-refractivity contribution >= 4 is 5.91 Å². The standard InChI is InChI=1S/C12H21NO3/c14-12(11-2-1-7-16-11)13-6-3-10-4-8-15-9-5-10/h10-11H,1-9H2,(H,13,14). The van der Waals surface area contributed by atoms with Crippen LogP contribution in [0.15, 0.2) is 0 Å². The number of ether oxygens (including phenoxy) is 2. The molecule has 1 atom stereocenters. The van der Waals surface area contributed by atoms with E-state index in [0.717, 1.165) is 64.4 Å². The highest BCUT2D eigenvalue weighted by Gasteiger charge is 2.23. The fourth-order valence-electron chi connectivity index (χ4n) is 2.33. The quantitative estimate of drug-likeness (QED) is 0.782. The predicted molar refractivity (Wildman–Crippen MR) is 60.1 cm³/mol. The lowest BCUT2D eigenvalue weighted by Gasteiger charge is -2.22. The van der Waals surface area contributed by atoms with E-state index in [1.165, 1.54) is 0 Å². The van der Waals surface area contributed by atoms with Crippen LogP contribution in [0.5, 0.6) is 0 Å². The Morgan fingerprint density at radius 2 is 2.00 bits per heavy atom. The number of hydrogen-bond donors (Lipinski definition) is 1. The molecule has 92 valence electrons. The first-order valence-electron chi connectivity index (χ1n) is 6.33. The van der Waals surface area contributed by atoms with Gasteiger partial charge in [-0.15, -0.1) is 0 Å². The smallest absolute Gasteiger partial charge is 0.249 e. The number of carbonyl (C=O) groups is 1. The molecule has 1 unspecified atom stereocenters. The molecule has 0 aliphatic carbocycles. The second-order valence-electron chi connectivity index (χ2n) is 4.64. The SMILES string of the molecule is O=C(NCCC1CCOCC1)C1CCCO1. The first kappa shape index (κ1) is 11.9. The van der Waals surface area contributed by atoms with Gasteiger partial charge in [-0.3, -0.25) is 4.79 Å². The highest BCUT2D eigenvalue weighted by Crippen LogP contribution is 2.17. The number of rotatable bonds is 4. The first-order chi connectivity index (χ1) is 7.86. The van der Waals surface area contributed by atoms with Gasteiger partial charge in [0, 0.05) is 26.4 Å². The Morgan fingerprint density at radius 1 is 1.19 bits per heavy atom. The van der Waals surface area contributed by atoms with Crippen molar-refractivity contribution in [3.63, 3.8) is 0 Å². The molecule has 2 rings (SSSR count). The maximum absolute atomic E-state index is 11.6. The van der Waals surface area contributed by atoms with Crippen LogP contribution in [0.3, 0.4) is 0 Å². The molecule has 0 aromatic carbocycles. The Hall–Kier alpha value is -0.610. The fourth-order valence-corrected chi connectivity index (χ4v) is 2.33. The van der Waals surface area contributed by atoms with Gasteiger partial charge in [0.2, 0.25) is 5.91 Å². The summed E-state index contributed by atoms with van der Waals surface area (Å²) < 4.78 is 10.6. The molecule has 0 aromatic heterocycles. The van der Waals surface area contributed by atoms with Gasteiger partial charge < -0.3 is 14.8 Å². The van der Waals surface area contributed by atoms with Gasteiger partial charge in [-0.2, -0.15) is 0 Å². The number of nitrogens with one attached hydrogen (secondary N) is 1. The van der Waals surface area contributed by atoms with Gasteiger partial charge in [0.15, 0.2) is 0 Å². The molecule has 4 nitrogen and oxygen atoms in total. The van der Waals surface area contributed by atoms with E-state index in [9.17, 15) is 4.79 Å². The third-order valence-corrected chi connectivity index (χ3v) is 3.41. The van der Waals surface area contributed by atoms with Gasteiger partial charge in [-0.1, -0.05) is 0 Å². The Morgan fingerprint density at radius 3 is 2.69 bits per heavy atom. The second kappa shape index (κ2) is 6.21. The van der Waals surface area contributed by atoms with E-state index in [-0.39, 0.29) is 12.0 Å². The molecule has 1 N–H and O–H groups in total. The van der Waals surface area contributed by atoms with Crippen LogP contribution in [-0.4, -0.2) is 38.4 Å². The molecule has 16 heavy (non-hydrogen) atoms. The van der Waals surface area contributed by atoms with Crippen LogP contribution in [0, 0.1) is 5.92 Å². The maximum Gasteiger partial charge on any atom is 0.249 e. The molecule has 2 heterocycles. The van der Waals surface area contributed by atoms with Crippen LogP contribution in [0.4, 0.5) is 0 Å². The largest absolute Gasteiger partial charge is 0.381 e. The molecule has 0 spiro atoms. The van der Waals surface area contributed by atoms with Crippen molar-refractivity contribution in [1.29, 1.82) is 0 Å². The van der Waals surface area contributed by atoms with Crippen molar-refractivity contribution in [2.75, 3.05) is 26.4 Å². The molecule has 4 heteroatoms. The number of hydrogen-bond acceptors (Lipinski definition) is 3. The minimum atomic E-state index is -0.185. The third kappa shape index (κ3) is 3.46. The highest BCUT2D eigenvalue weighted by atomic mass is 16.5. The zero-order valence-electron chi connectivity index (χ0n) is 9.74. The average molecular weight is 227 g/mol. The Balaban J connectivity index is 1.57. The van der Waals surface area contributed by atoms with Crippen molar-refractivity contribution in [1.82, 2.24) is 5.32 Å². The molecule has 2 saturated heterocycles. The predicted octanol–water partition coefficient (Wildman–Crippen LogP) is 1.10. The number of amides is 1. The van der Waals surface area contributed by atoms with E-state index in [1.54, 1.807) is 0 Å². The molecule has 0 aromatic rings. The second-order valence-corrected chi connectivity index (χ2v) is 4.64. The molecular weight excluding hydrogens is 206 g/mol. The minimum Gasteiger partial charge on any atom is -0.381 e. The zero-order valence-corrected chi connectivity index (χ0v) is 9.74. The van der Waals surface area contributed by atoms with Crippen LogP contribution >= 0.6 is 0 Å². The van der Waals surface area contributed by atoms with Crippen molar-refractivity contribution in [2.24, 2.45) is 5.92 Å². The van der Waals surface area contributed by atoms with E-state index >= 15 is 0 Å². The lowest BCUT2D eigenvalue weighted by Crippen LogP contribution is -2.35. The van der Waals surface area contributed by atoms with Crippen LogP contribution < -0.4 is 5.32 Å². The third-order valence-electron chi connectivity index (χ3n) is 3.41. The van der Waals surface area contributed by atoms with Gasteiger partial charge in [0.25, 0.3) is 0 Å². The molecule has 2 fully saturated rings. The lowest BCUT2D eigenvalue weighted by molar-refractivity contribution is -0.130. The summed E-state index contributed by atoms with van der Waals surface area (Å²) in [5, 5.41) is 2.97. The normalized spacial score (nSPS) is 26.9. The lowest BCUT2D eigenvalue weighted by atomic mass is 9.97. The first-order valence-corrected chi connectivity index (χ1v) is 6.33. The van der Waals surface area contributed by atoms with E-state index < -0.39 is 0 Å². The van der Waals surface area contributed by atoms with Crippen molar-refractivity contribution in [3.05, 3.63) is 0 Å². The fraction of sp³-hybridized carbons (Fsp3) is 0.917. The van der Waals surface area contributed by atoms with E-state index in [2.05, 4.69) is 5.32 Å². The highest BCUT2D eigenvalue weighted by molar-refractivity contribution is 5.80. The Labute approximate surface area is 96.7 Å². The van der Waals surface area contributed by atoms with Crippen LogP contribution in [0.25, 0.3) is 0 Å². The molecule has 0 saturated carbocycles. The molecule has 2 aliphatic rings. The maximum atomic E-state index is 11.6. The zero-order chi connectivity index (χ0) is 11.2. The van der Waals surface area contributed by atoms with Crippen LogP contribution in [0.1, 0.15) is 32.1 Å². The van der Waals surface area contributed by atoms with Crippen LogP contribution in [-0.2, 0) is 14.3 Å². The van der Waals surface area contributed by atoms with Gasteiger partial charge in [-0.25, -0.2) is 0 Å². The summed E-state index contributed by atoms with van der Waals surface area (Å²) in [6.45, 7) is 3.27. The van der Waals surface area contributed by atoms with Gasteiger partial charge in [0.1, 0.15) is 6.10 Å². The summed E-state index contributed by atoms with van der Waals surface area (Å²) in [5.41, 5.74) is 0. The van der Waals surface area contributed by atoms with Gasteiger partial charge >= 0.3 is 0 Å². The number of carbonyl (C=O) groups excluding carboxylic acids is 1. The van der Waals surface area contributed by atoms with E-state index in [0.29, 0.717) is 0 Å². The van der Waals surface area contributed by atoms with Crippen molar-refractivity contribution < 1.29 is 14.3 Å². The van der Waals surface area contributed by atoms with Crippen LogP contribution in [0.2, 0.25) is 0 Å². The summed E-state index contributed by atoms with van der Waals surface area (Å²) >= 11 is 0. The average Bonchev–Trinajstić information content (AvgIpc) is 2.84. The van der Waals surface area contributed by atoms with E-state index in [4.69, 9.17) is 9.47 Å². The Bertz CT molecular complexity index is 220. The summed E-state index contributed by atoms with van der Waals surface area (Å²) in [6.07, 6.45) is 5.05. The molecule has 1 amide bonds. The topological polar surface area (TPSA) is 47.6 Å². The Kier molecular flexibility index (Phi) is 4.60. The monoisotopic (exact) mass is 227 g/mol. The molecule has 0 radical (unpaired) electrons. The summed E-state index contributed by atoms with van der Waals surface area (Å²) in [5.74, 6) is 0.795. The molecular formula is C12H21NO3. The summed E-state index contributed by atoms with van der Waals surface area (Å²) in [6, 6.07) is 0. The van der Waals surface area contributed by atoms with Gasteiger partial charge in [-0.05, 0) is 38.0 Å².